The number of aromatic nitrogens is 1. The molecule has 1 aliphatic rings. The van der Waals surface area contributed by atoms with E-state index < -0.39 is 0 Å². The normalized spacial score (nSPS) is 21.4. The van der Waals surface area contributed by atoms with Crippen LogP contribution in [-0.4, -0.2) is 11.1 Å². The fourth-order valence-corrected chi connectivity index (χ4v) is 2.77. The van der Waals surface area contributed by atoms with Crippen LogP contribution in [0.2, 0.25) is 0 Å². The Balaban J connectivity index is 2.08. The molecule has 2 heterocycles. The molecule has 2 nitrogen and oxygen atoms in total. The summed E-state index contributed by atoms with van der Waals surface area (Å²) >= 11 is 0. The summed E-state index contributed by atoms with van der Waals surface area (Å²) < 4.78 is 2.24. The first kappa shape index (κ1) is 9.91. The van der Waals surface area contributed by atoms with Crippen molar-refractivity contribution >= 4 is 10.9 Å². The first-order valence-corrected chi connectivity index (χ1v) is 6.13. The number of hydrogen-bond acceptors (Lipinski definition) is 1. The number of rotatable bonds is 1. The van der Waals surface area contributed by atoms with Gasteiger partial charge < -0.3 is 9.88 Å². The number of para-hydroxylation sites is 1. The van der Waals surface area contributed by atoms with Crippen molar-refractivity contribution in [3.05, 3.63) is 36.0 Å². The highest BCUT2D eigenvalue weighted by Gasteiger charge is 2.18. The Morgan fingerprint density at radius 2 is 2.12 bits per heavy atom. The van der Waals surface area contributed by atoms with Gasteiger partial charge in [-0.1, -0.05) is 24.6 Å². The monoisotopic (exact) mass is 214 g/mol. The van der Waals surface area contributed by atoms with E-state index in [-0.39, 0.29) is 0 Å². The molecule has 1 aliphatic heterocycles. The van der Waals surface area contributed by atoms with E-state index in [4.69, 9.17) is 0 Å². The van der Waals surface area contributed by atoms with Crippen LogP contribution >= 0.6 is 0 Å². The molecule has 3 rings (SSSR count). The molecule has 2 aromatic rings. The molecule has 0 radical (unpaired) electrons. The number of nitrogens with zero attached hydrogens (tertiary/aromatic N) is 1. The maximum absolute atomic E-state index is 3.63. The number of benzene rings is 1. The van der Waals surface area contributed by atoms with Crippen molar-refractivity contribution in [2.75, 3.05) is 6.54 Å². The summed E-state index contributed by atoms with van der Waals surface area (Å²) in [7, 11) is 2.13. The zero-order chi connectivity index (χ0) is 11.0. The summed E-state index contributed by atoms with van der Waals surface area (Å²) in [4.78, 5) is 0. The summed E-state index contributed by atoms with van der Waals surface area (Å²) in [6.07, 6.45) is 6.23. The maximum Gasteiger partial charge on any atom is 0.0481 e. The Morgan fingerprint density at radius 3 is 2.94 bits per heavy atom. The number of piperidine rings is 1. The summed E-state index contributed by atoms with van der Waals surface area (Å²) in [5.41, 5.74) is 2.81. The minimum absolute atomic E-state index is 0.555. The fourth-order valence-electron chi connectivity index (χ4n) is 2.77. The highest BCUT2D eigenvalue weighted by Crippen LogP contribution is 2.30. The fraction of sp³-hybridized carbons (Fsp3) is 0.429. The lowest BCUT2D eigenvalue weighted by molar-refractivity contribution is 0.414. The van der Waals surface area contributed by atoms with Crippen LogP contribution in [0.1, 0.15) is 30.9 Å². The van der Waals surface area contributed by atoms with Crippen molar-refractivity contribution in [2.45, 2.75) is 25.3 Å². The summed E-state index contributed by atoms with van der Waals surface area (Å²) in [5, 5.41) is 5.03. The van der Waals surface area contributed by atoms with Crippen LogP contribution in [0.25, 0.3) is 10.9 Å². The van der Waals surface area contributed by atoms with E-state index in [1.165, 1.54) is 35.7 Å². The highest BCUT2D eigenvalue weighted by atomic mass is 15.0. The second kappa shape index (κ2) is 3.95. The van der Waals surface area contributed by atoms with Crippen molar-refractivity contribution < 1.29 is 0 Å². The lowest BCUT2D eigenvalue weighted by atomic mass is 9.97. The molecule has 0 aliphatic carbocycles. The maximum atomic E-state index is 3.63. The Morgan fingerprint density at radius 1 is 1.25 bits per heavy atom. The lowest BCUT2D eigenvalue weighted by Gasteiger charge is -2.23. The second-order valence-electron chi connectivity index (χ2n) is 4.71. The predicted molar refractivity (Wildman–Crippen MR) is 67.5 cm³/mol. The molecular weight excluding hydrogens is 196 g/mol. The number of hydrogen-bond donors (Lipinski definition) is 1. The van der Waals surface area contributed by atoms with E-state index in [9.17, 15) is 0 Å². The zero-order valence-corrected chi connectivity index (χ0v) is 9.74. The van der Waals surface area contributed by atoms with Gasteiger partial charge in [0, 0.05) is 30.2 Å². The van der Waals surface area contributed by atoms with Crippen LogP contribution in [0.4, 0.5) is 0 Å². The number of nitrogens with one attached hydrogen (secondary N) is 1. The zero-order valence-electron chi connectivity index (χ0n) is 9.74. The first-order chi connectivity index (χ1) is 7.86. The van der Waals surface area contributed by atoms with Gasteiger partial charge in [-0.3, -0.25) is 0 Å². The molecule has 1 atom stereocenters. The minimum atomic E-state index is 0.555. The minimum Gasteiger partial charge on any atom is -0.350 e. The van der Waals surface area contributed by atoms with Crippen molar-refractivity contribution in [3.8, 4) is 0 Å². The molecule has 0 spiro atoms. The van der Waals surface area contributed by atoms with Gasteiger partial charge in [-0.05, 0) is 31.0 Å². The molecule has 1 fully saturated rings. The van der Waals surface area contributed by atoms with E-state index in [2.05, 4.69) is 47.4 Å². The Hall–Kier alpha value is -1.28. The summed E-state index contributed by atoms with van der Waals surface area (Å²) in [6, 6.07) is 9.23. The Bertz CT molecular complexity index is 492. The molecule has 1 unspecified atom stereocenters. The third-order valence-electron chi connectivity index (χ3n) is 3.61. The first-order valence-electron chi connectivity index (χ1n) is 6.13. The van der Waals surface area contributed by atoms with Crippen LogP contribution in [0.5, 0.6) is 0 Å². The van der Waals surface area contributed by atoms with Crippen LogP contribution in [0, 0.1) is 0 Å². The molecule has 2 heteroatoms. The van der Waals surface area contributed by atoms with Crippen molar-refractivity contribution in [1.29, 1.82) is 0 Å². The van der Waals surface area contributed by atoms with Gasteiger partial charge in [-0.25, -0.2) is 0 Å². The average Bonchev–Trinajstić information content (AvgIpc) is 2.69. The molecule has 1 aromatic carbocycles. The summed E-state index contributed by atoms with van der Waals surface area (Å²) in [5.74, 6) is 0. The summed E-state index contributed by atoms with van der Waals surface area (Å²) in [6.45, 7) is 1.16. The van der Waals surface area contributed by atoms with Crippen molar-refractivity contribution in [1.82, 2.24) is 9.88 Å². The van der Waals surface area contributed by atoms with Gasteiger partial charge in [0.05, 0.1) is 0 Å². The molecule has 1 N–H and O–H groups in total. The van der Waals surface area contributed by atoms with E-state index >= 15 is 0 Å². The topological polar surface area (TPSA) is 17.0 Å². The SMILES string of the molecule is Cn1cc(C2CCCCN2)c2ccccc21. The van der Waals surface area contributed by atoms with Crippen LogP contribution < -0.4 is 5.32 Å². The largest absolute Gasteiger partial charge is 0.350 e. The van der Waals surface area contributed by atoms with E-state index in [0.29, 0.717) is 6.04 Å². The van der Waals surface area contributed by atoms with Crippen molar-refractivity contribution in [3.63, 3.8) is 0 Å². The number of fused-ring (bicyclic) bond motifs is 1. The van der Waals surface area contributed by atoms with E-state index in [1.807, 2.05) is 0 Å². The lowest BCUT2D eigenvalue weighted by Crippen LogP contribution is -2.26. The predicted octanol–water partition coefficient (Wildman–Crippen LogP) is 2.99. The standard InChI is InChI=1S/C14H18N2/c1-16-10-12(13-7-4-5-9-15-13)11-6-2-3-8-14(11)16/h2-3,6,8,10,13,15H,4-5,7,9H2,1H3. The van der Waals surface area contributed by atoms with Gasteiger partial charge in [-0.15, -0.1) is 0 Å². The Labute approximate surface area is 96.3 Å². The average molecular weight is 214 g/mol. The third kappa shape index (κ3) is 1.54. The van der Waals surface area contributed by atoms with Gasteiger partial charge in [0.2, 0.25) is 0 Å². The third-order valence-corrected chi connectivity index (χ3v) is 3.61. The smallest absolute Gasteiger partial charge is 0.0481 e. The Kier molecular flexibility index (Phi) is 2.44. The molecule has 0 amide bonds. The van der Waals surface area contributed by atoms with Gasteiger partial charge in [-0.2, -0.15) is 0 Å². The van der Waals surface area contributed by atoms with Crippen LogP contribution in [-0.2, 0) is 7.05 Å². The quantitative estimate of drug-likeness (QED) is 0.772. The second-order valence-corrected chi connectivity index (χ2v) is 4.71. The van der Waals surface area contributed by atoms with Crippen LogP contribution in [0.15, 0.2) is 30.5 Å². The molecule has 1 aromatic heterocycles. The molecule has 0 saturated carbocycles. The van der Waals surface area contributed by atoms with Gasteiger partial charge in [0.1, 0.15) is 0 Å². The van der Waals surface area contributed by atoms with Gasteiger partial charge in [0.25, 0.3) is 0 Å². The van der Waals surface area contributed by atoms with Gasteiger partial charge in [0.15, 0.2) is 0 Å². The number of aryl methyl sites for hydroxylation is 1. The molecular formula is C14H18N2. The molecule has 0 bridgehead atoms. The van der Waals surface area contributed by atoms with Gasteiger partial charge >= 0.3 is 0 Å². The highest BCUT2D eigenvalue weighted by molar-refractivity contribution is 5.84. The van der Waals surface area contributed by atoms with Crippen molar-refractivity contribution in [2.24, 2.45) is 7.05 Å². The molecule has 1 saturated heterocycles. The molecule has 16 heavy (non-hydrogen) atoms. The van der Waals surface area contributed by atoms with Crippen LogP contribution in [0.3, 0.4) is 0 Å². The van der Waals surface area contributed by atoms with E-state index in [1.54, 1.807) is 0 Å². The molecule has 84 valence electrons. The van der Waals surface area contributed by atoms with E-state index in [0.717, 1.165) is 6.54 Å².